The average Bonchev–Trinajstić information content (AvgIpc) is 3.20. The Morgan fingerprint density at radius 2 is 2.38 bits per heavy atom. The number of fused-ring (bicyclic) bond motifs is 1. The highest BCUT2D eigenvalue weighted by molar-refractivity contribution is 7.15. The molecule has 1 saturated heterocycles. The summed E-state index contributed by atoms with van der Waals surface area (Å²) in [6.07, 6.45) is 4.52. The molecule has 4 heterocycles. The molecule has 0 N–H and O–H groups in total. The van der Waals surface area contributed by atoms with Gasteiger partial charge in [0.15, 0.2) is 10.8 Å². The summed E-state index contributed by atoms with van der Waals surface area (Å²) >= 11 is 1.52. The monoisotopic (exact) mass is 303 g/mol. The van der Waals surface area contributed by atoms with Gasteiger partial charge in [0, 0.05) is 30.9 Å². The highest BCUT2D eigenvalue weighted by atomic mass is 32.1. The van der Waals surface area contributed by atoms with Crippen LogP contribution in [0.5, 0.6) is 0 Å². The van der Waals surface area contributed by atoms with Gasteiger partial charge < -0.3 is 9.42 Å². The maximum atomic E-state index is 12.5. The van der Waals surface area contributed by atoms with Gasteiger partial charge in [-0.2, -0.15) is 4.98 Å². The molecule has 8 heteroatoms. The quantitative estimate of drug-likeness (QED) is 0.720. The Bertz CT molecular complexity index is 776. The average molecular weight is 303 g/mol. The maximum absolute atomic E-state index is 12.5. The molecular weight excluding hydrogens is 290 g/mol. The minimum atomic E-state index is -0.0374. The predicted molar refractivity (Wildman–Crippen MR) is 75.4 cm³/mol. The smallest absolute Gasteiger partial charge is 0.274 e. The Morgan fingerprint density at radius 3 is 3.14 bits per heavy atom. The van der Waals surface area contributed by atoms with Gasteiger partial charge in [-0.1, -0.05) is 5.16 Å². The van der Waals surface area contributed by atoms with Crippen LogP contribution in [-0.2, 0) is 0 Å². The third-order valence-electron chi connectivity index (χ3n) is 3.68. The predicted octanol–water partition coefficient (Wildman–Crippen LogP) is 1.72. The molecule has 0 unspecified atom stereocenters. The number of carbonyl (C=O) groups excluding carboxylic acids is 1. The molecule has 0 saturated carbocycles. The van der Waals surface area contributed by atoms with Crippen LogP contribution >= 0.6 is 11.3 Å². The third-order valence-corrected chi connectivity index (χ3v) is 4.45. The highest BCUT2D eigenvalue weighted by Crippen LogP contribution is 2.27. The van der Waals surface area contributed by atoms with E-state index in [1.165, 1.54) is 11.3 Å². The SMILES string of the molecule is Cc1noc([C@H]2CCN(C(=O)c3cn4ccsc4n3)C2)n1. The second-order valence-corrected chi connectivity index (χ2v) is 6.01. The van der Waals surface area contributed by atoms with E-state index in [1.807, 2.05) is 16.0 Å². The molecule has 0 spiro atoms. The van der Waals surface area contributed by atoms with Crippen molar-refractivity contribution in [1.29, 1.82) is 0 Å². The molecular formula is C13H13N5O2S. The van der Waals surface area contributed by atoms with Crippen molar-refractivity contribution in [3.63, 3.8) is 0 Å². The molecule has 3 aromatic heterocycles. The largest absolute Gasteiger partial charge is 0.339 e. The second-order valence-electron chi connectivity index (χ2n) is 5.14. The Hall–Kier alpha value is -2.22. The van der Waals surface area contributed by atoms with Gasteiger partial charge in [-0.25, -0.2) is 4.98 Å². The Morgan fingerprint density at radius 1 is 1.48 bits per heavy atom. The van der Waals surface area contributed by atoms with Gasteiger partial charge in [0.1, 0.15) is 5.69 Å². The molecule has 108 valence electrons. The summed E-state index contributed by atoms with van der Waals surface area (Å²) in [5.41, 5.74) is 0.490. The molecule has 0 aromatic carbocycles. The molecule has 1 atom stereocenters. The molecule has 1 aliphatic rings. The van der Waals surface area contributed by atoms with Crippen molar-refractivity contribution >= 4 is 22.2 Å². The Labute approximate surface area is 124 Å². The van der Waals surface area contributed by atoms with Crippen LogP contribution in [0.25, 0.3) is 4.96 Å². The lowest BCUT2D eigenvalue weighted by molar-refractivity contribution is 0.0784. The first-order chi connectivity index (χ1) is 10.2. The van der Waals surface area contributed by atoms with E-state index in [9.17, 15) is 4.79 Å². The summed E-state index contributed by atoms with van der Waals surface area (Å²) in [5.74, 6) is 1.33. The molecule has 1 amide bonds. The number of thiazole rings is 1. The van der Waals surface area contributed by atoms with Gasteiger partial charge in [-0.05, 0) is 13.3 Å². The van der Waals surface area contributed by atoms with Crippen LogP contribution in [0.1, 0.15) is 34.5 Å². The summed E-state index contributed by atoms with van der Waals surface area (Å²) < 4.78 is 7.07. The molecule has 21 heavy (non-hydrogen) atoms. The van der Waals surface area contributed by atoms with Gasteiger partial charge >= 0.3 is 0 Å². The van der Waals surface area contributed by atoms with Crippen LogP contribution in [-0.4, -0.2) is 43.4 Å². The van der Waals surface area contributed by atoms with Crippen molar-refractivity contribution in [3.05, 3.63) is 35.2 Å². The maximum Gasteiger partial charge on any atom is 0.274 e. The number of rotatable bonds is 2. The van der Waals surface area contributed by atoms with E-state index in [2.05, 4.69) is 15.1 Å². The first-order valence-electron chi connectivity index (χ1n) is 6.72. The summed E-state index contributed by atoms with van der Waals surface area (Å²) in [5, 5.41) is 5.75. The summed E-state index contributed by atoms with van der Waals surface area (Å²) in [6.45, 7) is 3.09. The van der Waals surface area contributed by atoms with Gasteiger partial charge in [0.05, 0.1) is 5.92 Å². The van der Waals surface area contributed by atoms with Gasteiger partial charge in [0.25, 0.3) is 5.91 Å². The molecule has 3 aromatic rings. The van der Waals surface area contributed by atoms with Crippen LogP contribution in [0, 0.1) is 6.92 Å². The zero-order chi connectivity index (χ0) is 14.4. The minimum absolute atomic E-state index is 0.0374. The fourth-order valence-corrected chi connectivity index (χ4v) is 3.32. The van der Waals surface area contributed by atoms with E-state index in [-0.39, 0.29) is 11.8 Å². The number of carbonyl (C=O) groups is 1. The summed E-state index contributed by atoms with van der Waals surface area (Å²) in [7, 11) is 0. The lowest BCUT2D eigenvalue weighted by Gasteiger charge is -2.13. The normalized spacial score (nSPS) is 18.7. The molecule has 1 aliphatic heterocycles. The molecule has 0 radical (unpaired) electrons. The topological polar surface area (TPSA) is 76.5 Å². The van der Waals surface area contributed by atoms with E-state index >= 15 is 0 Å². The van der Waals surface area contributed by atoms with Gasteiger partial charge in [-0.15, -0.1) is 11.3 Å². The minimum Gasteiger partial charge on any atom is -0.339 e. The molecule has 4 rings (SSSR count). The van der Waals surface area contributed by atoms with E-state index in [0.717, 1.165) is 11.4 Å². The molecule has 7 nitrogen and oxygen atoms in total. The van der Waals surface area contributed by atoms with E-state index in [4.69, 9.17) is 4.52 Å². The lowest BCUT2D eigenvalue weighted by atomic mass is 10.1. The number of aryl methyl sites for hydroxylation is 1. The number of imidazole rings is 1. The number of nitrogens with zero attached hydrogens (tertiary/aromatic N) is 5. The number of hydrogen-bond acceptors (Lipinski definition) is 6. The van der Waals surface area contributed by atoms with E-state index in [1.54, 1.807) is 18.0 Å². The Balaban J connectivity index is 1.52. The van der Waals surface area contributed by atoms with Crippen LogP contribution < -0.4 is 0 Å². The standard InChI is InChI=1S/C13H13N5O2S/c1-8-14-11(20-16-8)9-2-3-17(6-9)12(19)10-7-18-4-5-21-13(18)15-10/h4-5,7,9H,2-3,6H2,1H3/t9-/m0/s1. The zero-order valence-corrected chi connectivity index (χ0v) is 12.2. The van der Waals surface area contributed by atoms with Crippen molar-refractivity contribution in [2.75, 3.05) is 13.1 Å². The van der Waals surface area contributed by atoms with Gasteiger partial charge in [0.2, 0.25) is 5.89 Å². The van der Waals surface area contributed by atoms with Crippen molar-refractivity contribution in [3.8, 4) is 0 Å². The first kappa shape index (κ1) is 12.5. The van der Waals surface area contributed by atoms with E-state index < -0.39 is 0 Å². The van der Waals surface area contributed by atoms with Crippen molar-refractivity contribution < 1.29 is 9.32 Å². The van der Waals surface area contributed by atoms with E-state index in [0.29, 0.717) is 30.5 Å². The summed E-state index contributed by atoms with van der Waals surface area (Å²) in [6, 6.07) is 0. The number of amides is 1. The number of hydrogen-bond donors (Lipinski definition) is 0. The zero-order valence-electron chi connectivity index (χ0n) is 11.4. The lowest BCUT2D eigenvalue weighted by Crippen LogP contribution is -2.28. The Kier molecular flexibility index (Phi) is 2.78. The van der Waals surface area contributed by atoms with Crippen LogP contribution in [0.15, 0.2) is 22.3 Å². The highest BCUT2D eigenvalue weighted by Gasteiger charge is 2.32. The van der Waals surface area contributed by atoms with Gasteiger partial charge in [-0.3, -0.25) is 9.20 Å². The van der Waals surface area contributed by atoms with Crippen LogP contribution in [0.2, 0.25) is 0 Å². The van der Waals surface area contributed by atoms with Crippen molar-refractivity contribution in [1.82, 2.24) is 24.4 Å². The van der Waals surface area contributed by atoms with Crippen molar-refractivity contribution in [2.45, 2.75) is 19.3 Å². The number of aromatic nitrogens is 4. The summed E-state index contributed by atoms with van der Waals surface area (Å²) in [4.78, 5) is 23.7. The van der Waals surface area contributed by atoms with Crippen LogP contribution in [0.3, 0.4) is 0 Å². The molecule has 1 fully saturated rings. The van der Waals surface area contributed by atoms with Crippen molar-refractivity contribution in [2.24, 2.45) is 0 Å². The fraction of sp³-hybridized carbons (Fsp3) is 0.385. The second kappa shape index (κ2) is 4.66. The first-order valence-corrected chi connectivity index (χ1v) is 7.60. The third kappa shape index (κ3) is 2.11. The fourth-order valence-electron chi connectivity index (χ4n) is 2.62. The van der Waals surface area contributed by atoms with Crippen LogP contribution in [0.4, 0.5) is 0 Å². The molecule has 0 bridgehead atoms. The molecule has 0 aliphatic carbocycles. The number of likely N-dealkylation sites (tertiary alicyclic amines) is 1.